The van der Waals surface area contributed by atoms with Crippen molar-refractivity contribution in [3.63, 3.8) is 0 Å². The Hall–Kier alpha value is -0.700. The zero-order valence-corrected chi connectivity index (χ0v) is 11.6. The van der Waals surface area contributed by atoms with Gasteiger partial charge in [0.2, 0.25) is 0 Å². The predicted molar refractivity (Wildman–Crippen MR) is 76.1 cm³/mol. The zero-order valence-electron chi connectivity index (χ0n) is 9.23. The Bertz CT molecular complexity index is 502. The molecule has 0 fully saturated rings. The van der Waals surface area contributed by atoms with Crippen LogP contribution < -0.4 is 0 Å². The third kappa shape index (κ3) is 2.95. The summed E-state index contributed by atoms with van der Waals surface area (Å²) in [5.74, 6) is 0. The van der Waals surface area contributed by atoms with Gasteiger partial charge in [-0.2, -0.15) is 11.8 Å². The van der Waals surface area contributed by atoms with Crippen LogP contribution in [0.5, 0.6) is 0 Å². The third-order valence-corrected chi connectivity index (χ3v) is 3.97. The van der Waals surface area contributed by atoms with Gasteiger partial charge in [-0.05, 0) is 36.1 Å². The maximum absolute atomic E-state index is 6.23. The lowest BCUT2D eigenvalue weighted by atomic mass is 10.1. The number of pyridine rings is 1. The molecule has 1 aromatic carbocycles. The normalized spacial score (nSPS) is 12.4. The van der Waals surface area contributed by atoms with E-state index in [9.17, 15) is 0 Å². The summed E-state index contributed by atoms with van der Waals surface area (Å²) in [6, 6.07) is 11.5. The van der Waals surface area contributed by atoms with Crippen LogP contribution in [0.4, 0.5) is 0 Å². The van der Waals surface area contributed by atoms with Crippen molar-refractivity contribution >= 4 is 35.0 Å². The summed E-state index contributed by atoms with van der Waals surface area (Å²) < 4.78 is 0. The van der Waals surface area contributed by atoms with Gasteiger partial charge in [0.1, 0.15) is 0 Å². The summed E-state index contributed by atoms with van der Waals surface area (Å²) >= 11 is 13.8. The number of thioether (sulfide) groups is 1. The van der Waals surface area contributed by atoms with Gasteiger partial charge in [0.05, 0.1) is 10.9 Å². The lowest BCUT2D eigenvalue weighted by Crippen LogP contribution is -1.99. The molecule has 17 heavy (non-hydrogen) atoms. The fourth-order valence-electron chi connectivity index (χ4n) is 1.65. The molecule has 0 amide bonds. The van der Waals surface area contributed by atoms with Gasteiger partial charge in [-0.25, -0.2) is 0 Å². The van der Waals surface area contributed by atoms with E-state index in [-0.39, 0.29) is 5.25 Å². The van der Waals surface area contributed by atoms with Crippen LogP contribution in [0.15, 0.2) is 42.6 Å². The first-order valence-corrected chi connectivity index (χ1v) is 7.15. The molecule has 1 heterocycles. The monoisotopic (exact) mass is 283 g/mol. The Labute approximate surface area is 115 Å². The molecule has 1 atom stereocenters. The number of nitrogens with zero attached hydrogens (tertiary/aromatic N) is 1. The molecule has 0 aliphatic rings. The molecule has 0 spiro atoms. The average Bonchev–Trinajstić information content (AvgIpc) is 2.34. The van der Waals surface area contributed by atoms with Crippen LogP contribution in [0, 0.1) is 0 Å². The van der Waals surface area contributed by atoms with E-state index in [2.05, 4.69) is 4.98 Å². The number of aromatic nitrogens is 1. The summed E-state index contributed by atoms with van der Waals surface area (Å²) in [4.78, 5) is 4.38. The van der Waals surface area contributed by atoms with Gasteiger partial charge in [0.15, 0.2) is 0 Å². The van der Waals surface area contributed by atoms with Gasteiger partial charge in [-0.15, -0.1) is 0 Å². The number of rotatable bonds is 3. The molecule has 0 saturated carbocycles. The lowest BCUT2D eigenvalue weighted by Gasteiger charge is -2.15. The molecule has 1 nitrogen and oxygen atoms in total. The van der Waals surface area contributed by atoms with Crippen LogP contribution in [0.2, 0.25) is 10.0 Å². The molecule has 0 saturated heterocycles. The standard InChI is InChI=1S/C13H11Cl2NS/c1-17-13(12-4-2-3-7-16-12)10-6-5-9(14)8-11(10)15/h2-8,13H,1H3. The summed E-state index contributed by atoms with van der Waals surface area (Å²) in [6.45, 7) is 0. The molecular weight excluding hydrogens is 273 g/mol. The molecule has 0 radical (unpaired) electrons. The van der Waals surface area contributed by atoms with E-state index in [0.29, 0.717) is 10.0 Å². The summed E-state index contributed by atoms with van der Waals surface area (Å²) in [7, 11) is 0. The molecule has 1 unspecified atom stereocenters. The van der Waals surface area contributed by atoms with Gasteiger partial charge in [0, 0.05) is 16.2 Å². The van der Waals surface area contributed by atoms with Crippen molar-refractivity contribution in [3.05, 3.63) is 63.9 Å². The van der Waals surface area contributed by atoms with E-state index in [1.54, 1.807) is 24.0 Å². The van der Waals surface area contributed by atoms with Crippen molar-refractivity contribution in [2.75, 3.05) is 6.26 Å². The van der Waals surface area contributed by atoms with Crippen LogP contribution >= 0.6 is 35.0 Å². The summed E-state index contributed by atoms with van der Waals surface area (Å²) in [5.41, 5.74) is 2.05. The topological polar surface area (TPSA) is 12.9 Å². The average molecular weight is 284 g/mol. The van der Waals surface area contributed by atoms with Crippen molar-refractivity contribution in [2.45, 2.75) is 5.25 Å². The van der Waals surface area contributed by atoms with E-state index < -0.39 is 0 Å². The largest absolute Gasteiger partial charge is 0.260 e. The first kappa shape index (κ1) is 12.7. The van der Waals surface area contributed by atoms with Crippen molar-refractivity contribution in [1.29, 1.82) is 0 Å². The highest BCUT2D eigenvalue weighted by atomic mass is 35.5. The highest BCUT2D eigenvalue weighted by molar-refractivity contribution is 7.99. The second-order valence-electron chi connectivity index (χ2n) is 3.54. The van der Waals surface area contributed by atoms with E-state index in [0.717, 1.165) is 11.3 Å². The summed E-state index contributed by atoms with van der Waals surface area (Å²) in [5, 5.41) is 1.48. The van der Waals surface area contributed by atoms with E-state index >= 15 is 0 Å². The van der Waals surface area contributed by atoms with Crippen molar-refractivity contribution in [1.82, 2.24) is 4.98 Å². The highest BCUT2D eigenvalue weighted by Crippen LogP contribution is 2.37. The predicted octanol–water partition coefficient (Wildman–Crippen LogP) is 4.84. The van der Waals surface area contributed by atoms with Crippen LogP contribution in [0.1, 0.15) is 16.5 Å². The van der Waals surface area contributed by atoms with E-state index in [1.807, 2.05) is 36.6 Å². The molecule has 0 bridgehead atoms. The van der Waals surface area contributed by atoms with Crippen molar-refractivity contribution < 1.29 is 0 Å². The molecule has 1 aromatic heterocycles. The van der Waals surface area contributed by atoms with Gasteiger partial charge in [-0.3, -0.25) is 4.98 Å². The van der Waals surface area contributed by atoms with Gasteiger partial charge in [-0.1, -0.05) is 35.3 Å². The molecule has 2 aromatic rings. The molecule has 0 N–H and O–H groups in total. The number of hydrogen-bond donors (Lipinski definition) is 0. The quantitative estimate of drug-likeness (QED) is 0.799. The minimum atomic E-state index is 0.140. The smallest absolute Gasteiger partial charge is 0.0730 e. The number of benzene rings is 1. The SMILES string of the molecule is CSC(c1ccccn1)c1ccc(Cl)cc1Cl. The Morgan fingerprint density at radius 1 is 1.18 bits per heavy atom. The Morgan fingerprint density at radius 3 is 2.59 bits per heavy atom. The van der Waals surface area contributed by atoms with Crippen molar-refractivity contribution in [2.24, 2.45) is 0 Å². The van der Waals surface area contributed by atoms with Crippen LogP contribution in [-0.2, 0) is 0 Å². The van der Waals surface area contributed by atoms with Crippen LogP contribution in [-0.4, -0.2) is 11.2 Å². The first-order valence-electron chi connectivity index (χ1n) is 5.11. The second kappa shape index (κ2) is 5.76. The Kier molecular flexibility index (Phi) is 4.32. The molecule has 4 heteroatoms. The zero-order chi connectivity index (χ0) is 12.3. The lowest BCUT2D eigenvalue weighted by molar-refractivity contribution is 1.05. The van der Waals surface area contributed by atoms with Crippen LogP contribution in [0.3, 0.4) is 0 Å². The maximum Gasteiger partial charge on any atom is 0.0730 e. The summed E-state index contributed by atoms with van der Waals surface area (Å²) in [6.07, 6.45) is 3.84. The molecule has 88 valence electrons. The first-order chi connectivity index (χ1) is 8.22. The Morgan fingerprint density at radius 2 is 2.00 bits per heavy atom. The minimum Gasteiger partial charge on any atom is -0.260 e. The fraction of sp³-hybridized carbons (Fsp3) is 0.154. The van der Waals surface area contributed by atoms with Gasteiger partial charge < -0.3 is 0 Å². The van der Waals surface area contributed by atoms with Gasteiger partial charge in [0.25, 0.3) is 0 Å². The highest BCUT2D eigenvalue weighted by Gasteiger charge is 2.16. The van der Waals surface area contributed by atoms with E-state index in [1.165, 1.54) is 0 Å². The number of halogens is 2. The molecular formula is C13H11Cl2NS. The Balaban J connectivity index is 2.42. The van der Waals surface area contributed by atoms with E-state index in [4.69, 9.17) is 23.2 Å². The maximum atomic E-state index is 6.23. The minimum absolute atomic E-state index is 0.140. The third-order valence-electron chi connectivity index (χ3n) is 2.44. The molecule has 0 aliphatic carbocycles. The second-order valence-corrected chi connectivity index (χ2v) is 5.32. The van der Waals surface area contributed by atoms with Crippen LogP contribution in [0.25, 0.3) is 0 Å². The number of hydrogen-bond acceptors (Lipinski definition) is 2. The fourth-order valence-corrected chi connectivity index (χ4v) is 3.07. The van der Waals surface area contributed by atoms with Crippen molar-refractivity contribution in [3.8, 4) is 0 Å². The molecule has 0 aliphatic heterocycles. The van der Waals surface area contributed by atoms with Gasteiger partial charge >= 0.3 is 0 Å². The molecule has 2 rings (SSSR count).